The first-order valence-electron chi connectivity index (χ1n) is 11.4. The number of hydrogen-bond acceptors (Lipinski definition) is 7. The fraction of sp³-hybridized carbons (Fsp3) is 0.107. The fourth-order valence-electron chi connectivity index (χ4n) is 4.00. The molecule has 184 valence electrons. The van der Waals surface area contributed by atoms with Gasteiger partial charge in [0.05, 0.1) is 11.3 Å². The molecule has 0 saturated carbocycles. The summed E-state index contributed by atoms with van der Waals surface area (Å²) in [6.45, 7) is 3.97. The molecule has 1 aliphatic heterocycles. The average molecular weight is 511 g/mol. The number of carboxylic acids is 1. The zero-order valence-electron chi connectivity index (χ0n) is 20.0. The largest absolute Gasteiger partial charge is 0.505 e. The van der Waals surface area contributed by atoms with Crippen LogP contribution in [-0.4, -0.2) is 33.8 Å². The average Bonchev–Trinajstić information content (AvgIpc) is 3.53. The van der Waals surface area contributed by atoms with E-state index in [0.29, 0.717) is 22.5 Å². The molecule has 0 bridgehead atoms. The normalized spacial score (nSPS) is 15.4. The molecular formula is C28H22N4O4S. The summed E-state index contributed by atoms with van der Waals surface area (Å²) in [5.74, 6) is -1.58. The number of phenols is 1. The molecule has 5 rings (SSSR count). The van der Waals surface area contributed by atoms with Gasteiger partial charge in [0, 0.05) is 11.1 Å². The van der Waals surface area contributed by atoms with E-state index < -0.39 is 12.0 Å². The second-order valence-corrected chi connectivity index (χ2v) is 9.37. The highest BCUT2D eigenvalue weighted by atomic mass is 32.1. The molecule has 0 radical (unpaired) electrons. The minimum atomic E-state index is -1.06. The summed E-state index contributed by atoms with van der Waals surface area (Å²) in [5.41, 5.74) is 5.21. The molecule has 37 heavy (non-hydrogen) atoms. The van der Waals surface area contributed by atoms with E-state index in [2.05, 4.69) is 15.3 Å². The lowest BCUT2D eigenvalue weighted by molar-refractivity contribution is -0.117. The Labute approximate surface area is 216 Å². The number of azo groups is 1. The molecule has 1 aromatic heterocycles. The maximum Gasteiger partial charge on any atom is 0.335 e. The third-order valence-electron chi connectivity index (χ3n) is 6.18. The van der Waals surface area contributed by atoms with Crippen molar-refractivity contribution in [3.8, 4) is 16.9 Å². The van der Waals surface area contributed by atoms with Crippen LogP contribution in [0, 0.1) is 13.8 Å². The van der Waals surface area contributed by atoms with Crippen molar-refractivity contribution in [2.24, 2.45) is 15.3 Å². The fourth-order valence-corrected chi connectivity index (χ4v) is 4.65. The van der Waals surface area contributed by atoms with E-state index in [-0.39, 0.29) is 22.9 Å². The van der Waals surface area contributed by atoms with E-state index in [1.165, 1.54) is 28.5 Å². The second-order valence-electron chi connectivity index (χ2n) is 8.59. The number of para-hydroxylation sites is 1. The number of thiophene rings is 1. The molecule has 2 heterocycles. The number of anilines is 1. The van der Waals surface area contributed by atoms with Gasteiger partial charge in [-0.3, -0.25) is 4.79 Å². The zero-order valence-corrected chi connectivity index (χ0v) is 20.8. The van der Waals surface area contributed by atoms with Crippen molar-refractivity contribution < 1.29 is 19.8 Å². The number of hydrazone groups is 1. The molecular weight excluding hydrogens is 488 g/mol. The number of amides is 1. The Morgan fingerprint density at radius 2 is 1.81 bits per heavy atom. The Bertz CT molecular complexity index is 1580. The van der Waals surface area contributed by atoms with Gasteiger partial charge in [-0.25, -0.2) is 4.79 Å². The molecule has 1 amide bonds. The number of phenolic OH excluding ortho intramolecular Hbond substituents is 1. The Morgan fingerprint density at radius 3 is 2.54 bits per heavy atom. The van der Waals surface area contributed by atoms with Crippen LogP contribution in [0.15, 0.2) is 92.8 Å². The maximum atomic E-state index is 13.4. The molecule has 0 saturated heterocycles. The number of carbonyl (C=O) groups is 2. The third-order valence-corrected chi connectivity index (χ3v) is 6.86. The number of aryl methyl sites for hydroxylation is 2. The van der Waals surface area contributed by atoms with Gasteiger partial charge in [-0.15, -0.1) is 0 Å². The van der Waals surface area contributed by atoms with Crippen molar-refractivity contribution in [3.63, 3.8) is 0 Å². The van der Waals surface area contributed by atoms with E-state index in [1.807, 2.05) is 48.9 Å². The van der Waals surface area contributed by atoms with Crippen LogP contribution in [-0.2, 0) is 4.79 Å². The van der Waals surface area contributed by atoms with Gasteiger partial charge in [0.2, 0.25) is 0 Å². The number of nitrogens with zero attached hydrogens (tertiary/aromatic N) is 4. The quantitative estimate of drug-likeness (QED) is 0.295. The number of aromatic hydroxyl groups is 1. The van der Waals surface area contributed by atoms with Crippen LogP contribution in [0.25, 0.3) is 11.1 Å². The van der Waals surface area contributed by atoms with Crippen LogP contribution in [0.5, 0.6) is 5.75 Å². The Kier molecular flexibility index (Phi) is 6.37. The van der Waals surface area contributed by atoms with Gasteiger partial charge in [0.1, 0.15) is 11.4 Å². The lowest BCUT2D eigenvalue weighted by Gasteiger charge is -2.14. The number of aromatic carboxylic acids is 1. The van der Waals surface area contributed by atoms with Crippen molar-refractivity contribution >= 4 is 40.3 Å². The highest BCUT2D eigenvalue weighted by Crippen LogP contribution is 2.38. The van der Waals surface area contributed by atoms with Gasteiger partial charge < -0.3 is 10.2 Å². The van der Waals surface area contributed by atoms with Crippen molar-refractivity contribution in [1.29, 1.82) is 0 Å². The summed E-state index contributed by atoms with van der Waals surface area (Å²) in [4.78, 5) is 24.8. The summed E-state index contributed by atoms with van der Waals surface area (Å²) < 4.78 is 0. The number of benzene rings is 3. The van der Waals surface area contributed by atoms with E-state index in [1.54, 1.807) is 30.3 Å². The van der Waals surface area contributed by atoms with Crippen molar-refractivity contribution in [1.82, 2.24) is 0 Å². The van der Waals surface area contributed by atoms with Crippen molar-refractivity contribution in [3.05, 3.63) is 99.7 Å². The standard InChI is InChI=1S/C28H22N4O4S/c1-16-9-10-21(13-17(16)2)32-27(34)25(24(31-32)20-11-12-37-15-20)30-29-23-8-4-7-22(26(23)33)18-5-3-6-19(14-18)28(35)36/h3-15,25,33H,1-2H3,(H,35,36). The molecule has 0 aliphatic carbocycles. The van der Waals surface area contributed by atoms with Gasteiger partial charge in [-0.1, -0.05) is 30.3 Å². The molecule has 2 N–H and O–H groups in total. The molecule has 0 fully saturated rings. The topological polar surface area (TPSA) is 115 Å². The van der Waals surface area contributed by atoms with Crippen LogP contribution in [0.2, 0.25) is 0 Å². The molecule has 4 aromatic rings. The van der Waals surface area contributed by atoms with Crippen molar-refractivity contribution in [2.75, 3.05) is 5.01 Å². The number of carbonyl (C=O) groups excluding carboxylic acids is 1. The molecule has 8 nitrogen and oxygen atoms in total. The predicted octanol–water partition coefficient (Wildman–Crippen LogP) is 6.34. The number of hydrogen-bond donors (Lipinski definition) is 2. The molecule has 1 unspecified atom stereocenters. The molecule has 1 aliphatic rings. The monoisotopic (exact) mass is 510 g/mol. The predicted molar refractivity (Wildman–Crippen MR) is 143 cm³/mol. The van der Waals surface area contributed by atoms with Crippen LogP contribution >= 0.6 is 11.3 Å². The first-order chi connectivity index (χ1) is 17.8. The highest BCUT2D eigenvalue weighted by molar-refractivity contribution is 7.08. The Balaban J connectivity index is 1.50. The van der Waals surface area contributed by atoms with E-state index >= 15 is 0 Å². The lowest BCUT2D eigenvalue weighted by atomic mass is 10.0. The van der Waals surface area contributed by atoms with Gasteiger partial charge >= 0.3 is 5.97 Å². The minimum Gasteiger partial charge on any atom is -0.505 e. The highest BCUT2D eigenvalue weighted by Gasteiger charge is 2.38. The zero-order chi connectivity index (χ0) is 26.1. The lowest BCUT2D eigenvalue weighted by Crippen LogP contribution is -2.30. The summed E-state index contributed by atoms with van der Waals surface area (Å²) >= 11 is 1.49. The SMILES string of the molecule is Cc1ccc(N2N=C(c3ccsc3)C(N=Nc3cccc(-c4cccc(C(=O)O)c4)c3O)C2=O)cc1C. The first kappa shape index (κ1) is 24.1. The van der Waals surface area contributed by atoms with Gasteiger partial charge in [0.25, 0.3) is 5.91 Å². The van der Waals surface area contributed by atoms with Crippen LogP contribution < -0.4 is 5.01 Å². The smallest absolute Gasteiger partial charge is 0.335 e. The summed E-state index contributed by atoms with van der Waals surface area (Å²) in [6.07, 6.45) is 0. The van der Waals surface area contributed by atoms with Crippen LogP contribution in [0.1, 0.15) is 27.0 Å². The van der Waals surface area contributed by atoms with E-state index in [4.69, 9.17) is 0 Å². The molecule has 0 spiro atoms. The van der Waals surface area contributed by atoms with Crippen LogP contribution in [0.3, 0.4) is 0 Å². The molecule has 1 atom stereocenters. The van der Waals surface area contributed by atoms with Crippen molar-refractivity contribution in [2.45, 2.75) is 19.9 Å². The van der Waals surface area contributed by atoms with E-state index in [9.17, 15) is 19.8 Å². The summed E-state index contributed by atoms with van der Waals surface area (Å²) in [7, 11) is 0. The third kappa shape index (κ3) is 4.64. The summed E-state index contributed by atoms with van der Waals surface area (Å²) in [6, 6.07) is 17.7. The number of carboxylic acid groups (broad SMARTS) is 1. The molecule has 9 heteroatoms. The summed E-state index contributed by atoms with van der Waals surface area (Å²) in [5, 5.41) is 38.5. The maximum absolute atomic E-state index is 13.4. The van der Waals surface area contributed by atoms with Gasteiger partial charge in [0.15, 0.2) is 11.8 Å². The molecule has 3 aromatic carbocycles. The Hall–Kier alpha value is -4.63. The number of rotatable bonds is 6. The second kappa shape index (κ2) is 9.79. The van der Waals surface area contributed by atoms with Crippen LogP contribution in [0.4, 0.5) is 11.4 Å². The van der Waals surface area contributed by atoms with Gasteiger partial charge in [-0.2, -0.15) is 31.7 Å². The van der Waals surface area contributed by atoms with Gasteiger partial charge in [-0.05, 0) is 77.7 Å². The minimum absolute atomic E-state index is 0.100. The van der Waals surface area contributed by atoms with E-state index in [0.717, 1.165) is 16.7 Å². The first-order valence-corrected chi connectivity index (χ1v) is 12.4. The Morgan fingerprint density at radius 1 is 1.00 bits per heavy atom.